The lowest BCUT2D eigenvalue weighted by Crippen LogP contribution is -1.94. The van der Waals surface area contributed by atoms with Gasteiger partial charge in [0.1, 0.15) is 5.52 Å². The van der Waals surface area contributed by atoms with E-state index in [0.29, 0.717) is 5.52 Å². The van der Waals surface area contributed by atoms with Crippen molar-refractivity contribution in [3.63, 3.8) is 0 Å². The molecule has 0 fully saturated rings. The van der Waals surface area contributed by atoms with Crippen LogP contribution in [0.5, 0.6) is 0 Å². The summed E-state index contributed by atoms with van der Waals surface area (Å²) in [6.45, 7) is 2.19. The fraction of sp³-hybridized carbons (Fsp3) is 0.400. The molecule has 0 aliphatic carbocycles. The van der Waals surface area contributed by atoms with E-state index in [0.717, 1.165) is 23.8 Å². The molecule has 0 aliphatic heterocycles. The highest BCUT2D eigenvalue weighted by Crippen LogP contribution is 2.26. The lowest BCUT2D eigenvalue weighted by molar-refractivity contribution is -0.383. The summed E-state index contributed by atoms with van der Waals surface area (Å²) in [4.78, 5) is 14.8. The van der Waals surface area contributed by atoms with Gasteiger partial charge in [-0.2, -0.15) is 0 Å². The van der Waals surface area contributed by atoms with Crippen LogP contribution in [0.25, 0.3) is 10.9 Å². The number of unbranched alkanes of at least 4 members (excludes halogenated alkanes) is 3. The second-order valence-corrected chi connectivity index (χ2v) is 4.71. The van der Waals surface area contributed by atoms with Gasteiger partial charge in [0.15, 0.2) is 0 Å². The number of benzene rings is 1. The summed E-state index contributed by atoms with van der Waals surface area (Å²) in [6.07, 6.45) is 7.40. The topological polar surface area (TPSA) is 56.0 Å². The zero-order chi connectivity index (χ0) is 13.7. The highest BCUT2D eigenvalue weighted by atomic mass is 16.6. The number of nitro benzene ring substituents is 1. The third kappa shape index (κ3) is 3.08. The molecule has 0 radical (unpaired) electrons. The maximum absolute atomic E-state index is 11.0. The standard InChI is InChI=1S/C15H18N2O2/c1-2-3-4-5-7-12-10-11-16-15-13(12)8-6-9-14(15)17(18)19/h6,8-11H,2-5,7H2,1H3. The van der Waals surface area contributed by atoms with Gasteiger partial charge in [-0.15, -0.1) is 0 Å². The number of nitro groups is 1. The van der Waals surface area contributed by atoms with Crippen LogP contribution < -0.4 is 0 Å². The molecule has 1 aromatic heterocycles. The summed E-state index contributed by atoms with van der Waals surface area (Å²) < 4.78 is 0. The van der Waals surface area contributed by atoms with Crippen molar-refractivity contribution in [2.45, 2.75) is 39.0 Å². The lowest BCUT2D eigenvalue weighted by Gasteiger charge is -2.06. The Balaban J connectivity index is 2.30. The molecule has 19 heavy (non-hydrogen) atoms. The van der Waals surface area contributed by atoms with Crippen LogP contribution in [0, 0.1) is 10.1 Å². The number of pyridine rings is 1. The monoisotopic (exact) mass is 258 g/mol. The highest BCUT2D eigenvalue weighted by Gasteiger charge is 2.13. The van der Waals surface area contributed by atoms with Gasteiger partial charge in [0.05, 0.1) is 4.92 Å². The van der Waals surface area contributed by atoms with Crippen LogP contribution in [0.4, 0.5) is 5.69 Å². The summed E-state index contributed by atoms with van der Waals surface area (Å²) in [7, 11) is 0. The summed E-state index contributed by atoms with van der Waals surface area (Å²) in [5, 5.41) is 11.9. The van der Waals surface area contributed by atoms with E-state index in [-0.39, 0.29) is 10.6 Å². The van der Waals surface area contributed by atoms with Crippen molar-refractivity contribution < 1.29 is 4.92 Å². The van der Waals surface area contributed by atoms with E-state index in [9.17, 15) is 10.1 Å². The molecule has 4 nitrogen and oxygen atoms in total. The number of non-ortho nitro benzene ring substituents is 1. The zero-order valence-corrected chi connectivity index (χ0v) is 11.1. The van der Waals surface area contributed by atoms with Crippen LogP contribution >= 0.6 is 0 Å². The molecule has 1 heterocycles. The van der Waals surface area contributed by atoms with Gasteiger partial charge >= 0.3 is 0 Å². The molecule has 0 saturated carbocycles. The number of nitrogens with zero attached hydrogens (tertiary/aromatic N) is 2. The molecule has 0 spiro atoms. The zero-order valence-electron chi connectivity index (χ0n) is 11.1. The minimum absolute atomic E-state index is 0.0907. The maximum Gasteiger partial charge on any atom is 0.295 e. The van der Waals surface area contributed by atoms with E-state index in [1.165, 1.54) is 25.3 Å². The molecule has 0 unspecified atom stereocenters. The Morgan fingerprint density at radius 1 is 1.21 bits per heavy atom. The Hall–Kier alpha value is -1.97. The first-order valence-electron chi connectivity index (χ1n) is 6.75. The van der Waals surface area contributed by atoms with Gasteiger partial charge in [-0.3, -0.25) is 10.1 Å². The van der Waals surface area contributed by atoms with E-state index < -0.39 is 0 Å². The Morgan fingerprint density at radius 2 is 2.05 bits per heavy atom. The second-order valence-electron chi connectivity index (χ2n) is 4.71. The number of fused-ring (bicyclic) bond motifs is 1. The molecule has 0 N–H and O–H groups in total. The third-order valence-corrected chi connectivity index (χ3v) is 3.34. The molecule has 2 aromatic rings. The predicted molar refractivity (Wildman–Crippen MR) is 76.2 cm³/mol. The summed E-state index contributed by atoms with van der Waals surface area (Å²) >= 11 is 0. The molecular weight excluding hydrogens is 240 g/mol. The number of hydrogen-bond donors (Lipinski definition) is 0. The van der Waals surface area contributed by atoms with E-state index in [2.05, 4.69) is 11.9 Å². The number of aryl methyl sites for hydroxylation is 1. The van der Waals surface area contributed by atoms with E-state index in [1.54, 1.807) is 12.3 Å². The van der Waals surface area contributed by atoms with Crippen LogP contribution in [0.3, 0.4) is 0 Å². The first-order valence-corrected chi connectivity index (χ1v) is 6.75. The summed E-state index contributed by atoms with van der Waals surface area (Å²) in [5.74, 6) is 0. The Labute approximate surface area is 112 Å². The summed E-state index contributed by atoms with van der Waals surface area (Å²) in [6, 6.07) is 7.14. The quantitative estimate of drug-likeness (QED) is 0.442. The smallest absolute Gasteiger partial charge is 0.258 e. The average molecular weight is 258 g/mol. The Morgan fingerprint density at radius 3 is 2.79 bits per heavy atom. The van der Waals surface area contributed by atoms with Crippen molar-refractivity contribution >= 4 is 16.6 Å². The molecule has 100 valence electrons. The highest BCUT2D eigenvalue weighted by molar-refractivity contribution is 5.89. The predicted octanol–water partition coefficient (Wildman–Crippen LogP) is 4.27. The Kier molecular flexibility index (Phi) is 4.44. The van der Waals surface area contributed by atoms with Crippen LogP contribution in [0.2, 0.25) is 0 Å². The SMILES string of the molecule is CCCCCCc1ccnc2c([N+](=O)[O-])cccc12. The first kappa shape index (κ1) is 13.5. The van der Waals surface area contributed by atoms with Crippen molar-refractivity contribution in [1.82, 2.24) is 4.98 Å². The minimum Gasteiger partial charge on any atom is -0.258 e. The van der Waals surface area contributed by atoms with Crippen molar-refractivity contribution in [3.8, 4) is 0 Å². The van der Waals surface area contributed by atoms with Gasteiger partial charge in [-0.05, 0) is 24.5 Å². The maximum atomic E-state index is 11.0. The van der Waals surface area contributed by atoms with Gasteiger partial charge in [0.25, 0.3) is 5.69 Å². The van der Waals surface area contributed by atoms with E-state index in [4.69, 9.17) is 0 Å². The van der Waals surface area contributed by atoms with Gasteiger partial charge in [0.2, 0.25) is 0 Å². The van der Waals surface area contributed by atoms with Crippen LogP contribution in [-0.2, 0) is 6.42 Å². The second kappa shape index (κ2) is 6.27. The molecule has 0 aliphatic rings. The molecule has 4 heteroatoms. The van der Waals surface area contributed by atoms with E-state index >= 15 is 0 Å². The molecule has 1 aromatic carbocycles. The van der Waals surface area contributed by atoms with Gasteiger partial charge < -0.3 is 0 Å². The van der Waals surface area contributed by atoms with Gasteiger partial charge in [-0.25, -0.2) is 4.98 Å². The third-order valence-electron chi connectivity index (χ3n) is 3.34. The molecule has 0 atom stereocenters. The largest absolute Gasteiger partial charge is 0.295 e. The van der Waals surface area contributed by atoms with Crippen molar-refractivity contribution in [3.05, 3.63) is 46.1 Å². The fourth-order valence-electron chi connectivity index (χ4n) is 2.33. The van der Waals surface area contributed by atoms with Gasteiger partial charge in [-0.1, -0.05) is 38.3 Å². The number of aromatic nitrogens is 1. The normalized spacial score (nSPS) is 10.8. The first-order chi connectivity index (χ1) is 9.24. The molecule has 2 rings (SSSR count). The van der Waals surface area contributed by atoms with Crippen LogP contribution in [0.1, 0.15) is 38.2 Å². The van der Waals surface area contributed by atoms with Gasteiger partial charge in [0, 0.05) is 17.6 Å². The number of rotatable bonds is 6. The molecule has 0 bridgehead atoms. The fourth-order valence-corrected chi connectivity index (χ4v) is 2.33. The van der Waals surface area contributed by atoms with Crippen LogP contribution in [0.15, 0.2) is 30.5 Å². The average Bonchev–Trinajstić information content (AvgIpc) is 2.43. The van der Waals surface area contributed by atoms with Crippen molar-refractivity contribution in [2.75, 3.05) is 0 Å². The van der Waals surface area contributed by atoms with Crippen molar-refractivity contribution in [1.29, 1.82) is 0 Å². The lowest BCUT2D eigenvalue weighted by atomic mass is 10.0. The van der Waals surface area contributed by atoms with E-state index in [1.807, 2.05) is 12.1 Å². The van der Waals surface area contributed by atoms with Crippen molar-refractivity contribution in [2.24, 2.45) is 0 Å². The molecule has 0 saturated heterocycles. The molecular formula is C15H18N2O2. The summed E-state index contributed by atoms with van der Waals surface area (Å²) in [5.41, 5.74) is 1.75. The molecule has 0 amide bonds. The minimum atomic E-state index is -0.365. The van der Waals surface area contributed by atoms with Crippen LogP contribution in [-0.4, -0.2) is 9.91 Å². The Bertz CT molecular complexity index is 581. The number of para-hydroxylation sites is 1. The number of hydrogen-bond acceptors (Lipinski definition) is 3.